The third-order valence-electron chi connectivity index (χ3n) is 1.17. The molecular formula is C9H11ClF3N. The van der Waals surface area contributed by atoms with Crippen LogP contribution in [0.15, 0.2) is 18.3 Å². The summed E-state index contributed by atoms with van der Waals surface area (Å²) in [6.45, 7) is 2.22. The summed E-state index contributed by atoms with van der Waals surface area (Å²) in [4.78, 5) is 4.06. The minimum atomic E-state index is -4.00. The number of halogens is 4. The highest BCUT2D eigenvalue weighted by atomic mass is 35.5. The lowest BCUT2D eigenvalue weighted by Crippen LogP contribution is -1.95. The van der Waals surface area contributed by atoms with Crippen molar-refractivity contribution in [3.8, 4) is 0 Å². The monoisotopic (exact) mass is 225 g/mol. The van der Waals surface area contributed by atoms with Gasteiger partial charge in [-0.1, -0.05) is 18.5 Å². The number of rotatable bonds is 1. The number of hydrogen-bond acceptors (Lipinski definition) is 1. The molecule has 0 saturated heterocycles. The second-order valence-corrected chi connectivity index (χ2v) is 2.97. The minimum absolute atomic E-state index is 0.188. The largest absolute Gasteiger partial charge is 0.386 e. The van der Waals surface area contributed by atoms with E-state index in [1.807, 2.05) is 19.1 Å². The number of aryl methyl sites for hydroxylation is 1. The fourth-order valence-electron chi connectivity index (χ4n) is 0.679. The maximum Gasteiger partial charge on any atom is 0.386 e. The molecule has 0 radical (unpaired) electrons. The van der Waals surface area contributed by atoms with Crippen molar-refractivity contribution in [2.45, 2.75) is 26.4 Å². The highest BCUT2D eigenvalue weighted by Crippen LogP contribution is 2.11. The van der Waals surface area contributed by atoms with Crippen molar-refractivity contribution in [3.63, 3.8) is 0 Å². The number of aromatic nitrogens is 1. The van der Waals surface area contributed by atoms with Gasteiger partial charge >= 0.3 is 6.18 Å². The molecule has 1 nitrogen and oxygen atoms in total. The SMILES string of the molecule is CC(F)(F)F.CCc1ncccc1Cl. The predicted molar refractivity (Wildman–Crippen MR) is 50.4 cm³/mol. The fraction of sp³-hybridized carbons (Fsp3) is 0.444. The summed E-state index contributed by atoms with van der Waals surface area (Å²) >= 11 is 5.76. The molecular weight excluding hydrogens is 215 g/mol. The zero-order valence-corrected chi connectivity index (χ0v) is 8.65. The lowest BCUT2D eigenvalue weighted by molar-refractivity contribution is -0.110. The first kappa shape index (κ1) is 13.2. The van der Waals surface area contributed by atoms with Crippen LogP contribution in [0.1, 0.15) is 19.5 Å². The van der Waals surface area contributed by atoms with Crippen LogP contribution in [0.3, 0.4) is 0 Å². The molecule has 0 aromatic carbocycles. The summed E-state index contributed by atoms with van der Waals surface area (Å²) in [5.74, 6) is 0. The number of alkyl halides is 3. The third kappa shape index (κ3) is 7.86. The van der Waals surface area contributed by atoms with Crippen molar-refractivity contribution in [2.24, 2.45) is 0 Å². The van der Waals surface area contributed by atoms with Gasteiger partial charge in [0.05, 0.1) is 10.7 Å². The third-order valence-corrected chi connectivity index (χ3v) is 1.51. The Morgan fingerprint density at radius 3 is 2.21 bits per heavy atom. The van der Waals surface area contributed by atoms with Crippen LogP contribution in [0.4, 0.5) is 13.2 Å². The van der Waals surface area contributed by atoms with Crippen LogP contribution in [0, 0.1) is 0 Å². The van der Waals surface area contributed by atoms with Crippen molar-refractivity contribution in [3.05, 3.63) is 29.0 Å². The summed E-state index contributed by atoms with van der Waals surface area (Å²) in [5.41, 5.74) is 0.971. The fourth-order valence-corrected chi connectivity index (χ4v) is 0.934. The van der Waals surface area contributed by atoms with E-state index >= 15 is 0 Å². The van der Waals surface area contributed by atoms with Crippen molar-refractivity contribution in [1.29, 1.82) is 0 Å². The van der Waals surface area contributed by atoms with Gasteiger partial charge in [-0.25, -0.2) is 0 Å². The lowest BCUT2D eigenvalue weighted by atomic mass is 10.3. The summed E-state index contributed by atoms with van der Waals surface area (Å²) in [6, 6.07) is 3.69. The Labute approximate surface area is 85.9 Å². The number of hydrogen-bond donors (Lipinski definition) is 0. The van der Waals surface area contributed by atoms with E-state index in [-0.39, 0.29) is 6.92 Å². The topological polar surface area (TPSA) is 12.9 Å². The molecule has 0 amide bonds. The molecule has 1 aromatic rings. The molecule has 0 spiro atoms. The van der Waals surface area contributed by atoms with Crippen molar-refractivity contribution < 1.29 is 13.2 Å². The maximum atomic E-state index is 10.4. The molecule has 1 rings (SSSR count). The summed E-state index contributed by atoms with van der Waals surface area (Å²) in [7, 11) is 0. The van der Waals surface area contributed by atoms with Gasteiger partial charge in [0.25, 0.3) is 0 Å². The van der Waals surface area contributed by atoms with Crippen LogP contribution in [0.2, 0.25) is 5.02 Å². The summed E-state index contributed by atoms with van der Waals surface area (Å²) in [6.07, 6.45) is -1.34. The van der Waals surface area contributed by atoms with Crippen LogP contribution in [0.5, 0.6) is 0 Å². The molecule has 0 fully saturated rings. The Morgan fingerprint density at radius 2 is 1.93 bits per heavy atom. The van der Waals surface area contributed by atoms with E-state index < -0.39 is 6.18 Å². The minimum Gasteiger partial charge on any atom is -0.260 e. The van der Waals surface area contributed by atoms with Crippen LogP contribution in [0.25, 0.3) is 0 Å². The average molecular weight is 226 g/mol. The first-order chi connectivity index (χ1) is 6.34. The van der Waals surface area contributed by atoms with Gasteiger partial charge in [0.1, 0.15) is 0 Å². The van der Waals surface area contributed by atoms with Crippen molar-refractivity contribution in [2.75, 3.05) is 0 Å². The van der Waals surface area contributed by atoms with Crippen LogP contribution < -0.4 is 0 Å². The molecule has 0 bridgehead atoms. The Morgan fingerprint density at radius 1 is 1.43 bits per heavy atom. The Bertz CT molecular complexity index is 267. The van der Waals surface area contributed by atoms with E-state index in [4.69, 9.17) is 11.6 Å². The van der Waals surface area contributed by atoms with Gasteiger partial charge in [-0.2, -0.15) is 13.2 Å². The van der Waals surface area contributed by atoms with Gasteiger partial charge < -0.3 is 0 Å². The molecule has 0 unspecified atom stereocenters. The molecule has 0 atom stereocenters. The van der Waals surface area contributed by atoms with E-state index in [9.17, 15) is 13.2 Å². The van der Waals surface area contributed by atoms with E-state index in [2.05, 4.69) is 4.98 Å². The zero-order chi connectivity index (χ0) is 11.2. The zero-order valence-electron chi connectivity index (χ0n) is 7.90. The van der Waals surface area contributed by atoms with Gasteiger partial charge in [-0.15, -0.1) is 0 Å². The summed E-state index contributed by atoms with van der Waals surface area (Å²) in [5, 5.41) is 0.764. The molecule has 14 heavy (non-hydrogen) atoms. The van der Waals surface area contributed by atoms with E-state index in [1.54, 1.807) is 6.20 Å². The molecule has 0 aliphatic heterocycles. The highest BCUT2D eigenvalue weighted by molar-refractivity contribution is 6.31. The second kappa shape index (κ2) is 5.86. The molecule has 1 heterocycles. The smallest absolute Gasteiger partial charge is 0.260 e. The molecule has 0 aliphatic rings. The number of nitrogens with zero attached hydrogens (tertiary/aromatic N) is 1. The van der Waals surface area contributed by atoms with Gasteiger partial charge in [0, 0.05) is 13.1 Å². The second-order valence-electron chi connectivity index (χ2n) is 2.57. The first-order valence-electron chi connectivity index (χ1n) is 4.00. The molecule has 80 valence electrons. The van der Waals surface area contributed by atoms with Gasteiger partial charge in [0.15, 0.2) is 0 Å². The van der Waals surface area contributed by atoms with Crippen molar-refractivity contribution >= 4 is 11.6 Å². The first-order valence-corrected chi connectivity index (χ1v) is 4.38. The number of pyridine rings is 1. The molecule has 1 aromatic heterocycles. The van der Waals surface area contributed by atoms with Crippen LogP contribution >= 0.6 is 11.6 Å². The average Bonchev–Trinajstić information content (AvgIpc) is 2.02. The molecule has 0 N–H and O–H groups in total. The van der Waals surface area contributed by atoms with Crippen LogP contribution in [-0.2, 0) is 6.42 Å². The van der Waals surface area contributed by atoms with Gasteiger partial charge in [-0.05, 0) is 18.6 Å². The predicted octanol–water partition coefficient (Wildman–Crippen LogP) is 3.87. The Balaban J connectivity index is 0.000000292. The quantitative estimate of drug-likeness (QED) is 0.707. The Kier molecular flexibility index (Phi) is 5.53. The maximum absolute atomic E-state index is 10.4. The van der Waals surface area contributed by atoms with E-state index in [0.717, 1.165) is 17.1 Å². The molecule has 0 saturated carbocycles. The van der Waals surface area contributed by atoms with E-state index in [0.29, 0.717) is 0 Å². The normalized spacial score (nSPS) is 10.4. The summed E-state index contributed by atoms with van der Waals surface area (Å²) < 4.78 is 31.1. The van der Waals surface area contributed by atoms with Crippen LogP contribution in [-0.4, -0.2) is 11.2 Å². The van der Waals surface area contributed by atoms with Gasteiger partial charge in [0.2, 0.25) is 0 Å². The lowest BCUT2D eigenvalue weighted by Gasteiger charge is -1.95. The van der Waals surface area contributed by atoms with E-state index in [1.165, 1.54) is 0 Å². The molecule has 5 heteroatoms. The highest BCUT2D eigenvalue weighted by Gasteiger charge is 2.15. The Hall–Kier alpha value is -0.770. The molecule has 0 aliphatic carbocycles. The standard InChI is InChI=1S/C7H8ClN.C2H3F3/c1-2-7-6(8)4-3-5-9-7;1-2(3,4)5/h3-5H,2H2,1H3;1H3. The van der Waals surface area contributed by atoms with Crippen molar-refractivity contribution in [1.82, 2.24) is 4.98 Å². The van der Waals surface area contributed by atoms with Gasteiger partial charge in [-0.3, -0.25) is 4.98 Å².